The molecule has 0 bridgehead atoms. The summed E-state index contributed by atoms with van der Waals surface area (Å²) in [4.78, 5) is 0. The molecular weight excluding hydrogens is 269 g/mol. The highest BCUT2D eigenvalue weighted by Crippen LogP contribution is 2.16. The van der Waals surface area contributed by atoms with E-state index in [2.05, 4.69) is 26.1 Å². The molecule has 0 aliphatic carbocycles. The van der Waals surface area contributed by atoms with Crippen molar-refractivity contribution in [3.05, 3.63) is 29.6 Å². The van der Waals surface area contributed by atoms with Crippen molar-refractivity contribution >= 4 is 0 Å². The molecular formula is C17H28FNO2. The summed E-state index contributed by atoms with van der Waals surface area (Å²) < 4.78 is 24.5. The molecule has 0 aliphatic rings. The number of benzene rings is 1. The molecule has 0 unspecified atom stereocenters. The quantitative estimate of drug-likeness (QED) is 0.631. The lowest BCUT2D eigenvalue weighted by Gasteiger charge is -2.10. The Balaban J connectivity index is 2.30. The standard InChI is InChI=1S/C17H28FNO2/c1-4-6-19-13-15-10-16(18)12-17(11-15)21-9-8-20-7-5-14(2)3/h10-12,14,19H,4-9,13H2,1-3H3. The zero-order valence-corrected chi connectivity index (χ0v) is 13.5. The summed E-state index contributed by atoms with van der Waals surface area (Å²) in [6.07, 6.45) is 2.11. The van der Waals surface area contributed by atoms with E-state index in [1.165, 1.54) is 12.1 Å². The normalized spacial score (nSPS) is 11.1. The number of hydrogen-bond donors (Lipinski definition) is 1. The molecule has 120 valence electrons. The van der Waals surface area contributed by atoms with E-state index in [4.69, 9.17) is 9.47 Å². The monoisotopic (exact) mass is 297 g/mol. The smallest absolute Gasteiger partial charge is 0.127 e. The maximum Gasteiger partial charge on any atom is 0.127 e. The van der Waals surface area contributed by atoms with Gasteiger partial charge in [-0.25, -0.2) is 4.39 Å². The van der Waals surface area contributed by atoms with Gasteiger partial charge in [-0.3, -0.25) is 0 Å². The van der Waals surface area contributed by atoms with Crippen LogP contribution in [0.25, 0.3) is 0 Å². The molecule has 21 heavy (non-hydrogen) atoms. The molecule has 0 aromatic heterocycles. The third-order valence-corrected chi connectivity index (χ3v) is 3.02. The molecule has 0 saturated carbocycles. The first kappa shape index (κ1) is 17.9. The van der Waals surface area contributed by atoms with Crippen LogP contribution in [0, 0.1) is 11.7 Å². The molecule has 0 aliphatic heterocycles. The van der Waals surface area contributed by atoms with Gasteiger partial charge in [0, 0.05) is 19.2 Å². The molecule has 4 heteroatoms. The van der Waals surface area contributed by atoms with Crippen LogP contribution in [0.5, 0.6) is 5.75 Å². The van der Waals surface area contributed by atoms with Gasteiger partial charge in [0.15, 0.2) is 0 Å². The van der Waals surface area contributed by atoms with Gasteiger partial charge < -0.3 is 14.8 Å². The molecule has 0 saturated heterocycles. The average Bonchev–Trinajstić information content (AvgIpc) is 2.42. The van der Waals surface area contributed by atoms with Crippen molar-refractivity contribution in [1.82, 2.24) is 5.32 Å². The van der Waals surface area contributed by atoms with Crippen LogP contribution in [0.2, 0.25) is 0 Å². The van der Waals surface area contributed by atoms with Crippen molar-refractivity contribution in [3.8, 4) is 5.75 Å². The predicted octanol–water partition coefficient (Wildman–Crippen LogP) is 3.77. The maximum absolute atomic E-state index is 13.5. The van der Waals surface area contributed by atoms with Crippen molar-refractivity contribution < 1.29 is 13.9 Å². The van der Waals surface area contributed by atoms with Crippen molar-refractivity contribution in [3.63, 3.8) is 0 Å². The van der Waals surface area contributed by atoms with Gasteiger partial charge in [-0.2, -0.15) is 0 Å². The summed E-state index contributed by atoms with van der Waals surface area (Å²) in [6, 6.07) is 4.83. The Hall–Kier alpha value is -1.13. The number of rotatable bonds is 11. The fourth-order valence-corrected chi connectivity index (χ4v) is 1.86. The molecule has 0 radical (unpaired) electrons. The van der Waals surface area contributed by atoms with Crippen LogP contribution in [-0.2, 0) is 11.3 Å². The fraction of sp³-hybridized carbons (Fsp3) is 0.647. The van der Waals surface area contributed by atoms with Crippen molar-refractivity contribution in [2.75, 3.05) is 26.4 Å². The minimum absolute atomic E-state index is 0.262. The lowest BCUT2D eigenvalue weighted by Crippen LogP contribution is -2.14. The van der Waals surface area contributed by atoms with E-state index in [0.717, 1.165) is 31.6 Å². The van der Waals surface area contributed by atoms with Crippen molar-refractivity contribution in [2.45, 2.75) is 40.2 Å². The van der Waals surface area contributed by atoms with Crippen LogP contribution in [0.15, 0.2) is 18.2 Å². The molecule has 1 N–H and O–H groups in total. The van der Waals surface area contributed by atoms with Gasteiger partial charge in [0.1, 0.15) is 18.2 Å². The summed E-state index contributed by atoms with van der Waals surface area (Å²) in [5, 5.41) is 3.25. The minimum atomic E-state index is -0.262. The van der Waals surface area contributed by atoms with E-state index in [-0.39, 0.29) is 5.82 Å². The van der Waals surface area contributed by atoms with Crippen LogP contribution >= 0.6 is 0 Å². The summed E-state index contributed by atoms with van der Waals surface area (Å²) in [6.45, 7) is 9.75. The molecule has 1 aromatic rings. The predicted molar refractivity (Wildman–Crippen MR) is 84.2 cm³/mol. The van der Waals surface area contributed by atoms with Gasteiger partial charge in [0.25, 0.3) is 0 Å². The first-order valence-corrected chi connectivity index (χ1v) is 7.82. The van der Waals surface area contributed by atoms with Gasteiger partial charge in [-0.05, 0) is 43.0 Å². The zero-order valence-electron chi connectivity index (χ0n) is 13.5. The van der Waals surface area contributed by atoms with E-state index < -0.39 is 0 Å². The van der Waals surface area contributed by atoms with Crippen LogP contribution in [-0.4, -0.2) is 26.4 Å². The van der Waals surface area contributed by atoms with Gasteiger partial charge >= 0.3 is 0 Å². The summed E-state index contributed by atoms with van der Waals surface area (Å²) in [7, 11) is 0. The molecule has 0 heterocycles. The lowest BCUT2D eigenvalue weighted by molar-refractivity contribution is 0.0924. The van der Waals surface area contributed by atoms with E-state index >= 15 is 0 Å². The Kier molecular flexibility index (Phi) is 9.02. The molecule has 0 atom stereocenters. The summed E-state index contributed by atoms with van der Waals surface area (Å²) >= 11 is 0. The van der Waals surface area contributed by atoms with Crippen LogP contribution in [0.1, 0.15) is 39.2 Å². The molecule has 0 amide bonds. The van der Waals surface area contributed by atoms with Crippen molar-refractivity contribution in [1.29, 1.82) is 0 Å². The highest BCUT2D eigenvalue weighted by atomic mass is 19.1. The first-order valence-electron chi connectivity index (χ1n) is 7.82. The van der Waals surface area contributed by atoms with Gasteiger partial charge in [0.05, 0.1) is 6.61 Å². The number of nitrogens with one attached hydrogen (secondary N) is 1. The maximum atomic E-state index is 13.5. The first-order chi connectivity index (χ1) is 10.1. The van der Waals surface area contributed by atoms with Crippen LogP contribution in [0.4, 0.5) is 4.39 Å². The average molecular weight is 297 g/mol. The highest BCUT2D eigenvalue weighted by molar-refractivity contribution is 5.29. The van der Waals surface area contributed by atoms with Crippen LogP contribution in [0.3, 0.4) is 0 Å². The summed E-state index contributed by atoms with van der Waals surface area (Å²) in [5.41, 5.74) is 0.902. The topological polar surface area (TPSA) is 30.5 Å². The number of hydrogen-bond acceptors (Lipinski definition) is 3. The second kappa shape index (κ2) is 10.6. The SMILES string of the molecule is CCCNCc1cc(F)cc(OCCOCCC(C)C)c1. The van der Waals surface area contributed by atoms with Gasteiger partial charge in [0.2, 0.25) is 0 Å². The Morgan fingerprint density at radius 1 is 1.14 bits per heavy atom. The molecule has 0 fully saturated rings. The Labute approximate surface area is 127 Å². The van der Waals surface area contributed by atoms with Gasteiger partial charge in [-0.15, -0.1) is 0 Å². The Morgan fingerprint density at radius 2 is 1.95 bits per heavy atom. The largest absolute Gasteiger partial charge is 0.491 e. The molecule has 1 aromatic carbocycles. The zero-order chi connectivity index (χ0) is 15.5. The molecule has 1 rings (SSSR count). The van der Waals surface area contributed by atoms with Crippen molar-refractivity contribution in [2.24, 2.45) is 5.92 Å². The summed E-state index contributed by atoms with van der Waals surface area (Å²) in [5.74, 6) is 0.949. The highest BCUT2D eigenvalue weighted by Gasteiger charge is 2.02. The van der Waals surface area contributed by atoms with Gasteiger partial charge in [-0.1, -0.05) is 20.8 Å². The third-order valence-electron chi connectivity index (χ3n) is 3.02. The fourth-order valence-electron chi connectivity index (χ4n) is 1.86. The number of ether oxygens (including phenoxy) is 2. The Bertz CT molecular complexity index is 396. The number of halogens is 1. The second-order valence-electron chi connectivity index (χ2n) is 5.62. The van der Waals surface area contributed by atoms with E-state index in [0.29, 0.717) is 31.4 Å². The van der Waals surface area contributed by atoms with E-state index in [1.807, 2.05) is 6.07 Å². The molecule has 0 spiro atoms. The van der Waals surface area contributed by atoms with E-state index in [9.17, 15) is 4.39 Å². The van der Waals surface area contributed by atoms with E-state index in [1.54, 1.807) is 0 Å². The second-order valence-corrected chi connectivity index (χ2v) is 5.62. The Morgan fingerprint density at radius 3 is 2.67 bits per heavy atom. The molecule has 3 nitrogen and oxygen atoms in total. The van der Waals surface area contributed by atoms with Crippen LogP contribution < -0.4 is 10.1 Å². The lowest BCUT2D eigenvalue weighted by atomic mass is 10.1. The minimum Gasteiger partial charge on any atom is -0.491 e. The third kappa shape index (κ3) is 8.68.